The summed E-state index contributed by atoms with van der Waals surface area (Å²) in [7, 11) is 0. The van der Waals surface area contributed by atoms with E-state index in [1.165, 1.54) is 0 Å². The van der Waals surface area contributed by atoms with Crippen molar-refractivity contribution < 1.29 is 9.90 Å². The summed E-state index contributed by atoms with van der Waals surface area (Å²) in [5, 5.41) is 20.9. The molecule has 0 bridgehead atoms. The van der Waals surface area contributed by atoms with Crippen LogP contribution in [0.3, 0.4) is 0 Å². The number of nitrogens with zero attached hydrogens (tertiary/aromatic N) is 2. The molecular formula is C13H23N3O2. The molecule has 0 saturated heterocycles. The highest BCUT2D eigenvalue weighted by molar-refractivity contribution is 5.79. The first-order valence-electron chi connectivity index (χ1n) is 6.50. The van der Waals surface area contributed by atoms with Crippen LogP contribution in [0, 0.1) is 17.2 Å². The van der Waals surface area contributed by atoms with Crippen molar-refractivity contribution in [3.8, 4) is 6.07 Å². The molecule has 0 spiro atoms. The lowest BCUT2D eigenvalue weighted by Crippen LogP contribution is -2.52. The second-order valence-corrected chi connectivity index (χ2v) is 5.44. The van der Waals surface area contributed by atoms with Crippen LogP contribution in [-0.4, -0.2) is 47.2 Å². The summed E-state index contributed by atoms with van der Waals surface area (Å²) in [6.07, 6.45) is 2.18. The Kier molecular flexibility index (Phi) is 5.12. The number of nitriles is 1. The highest BCUT2D eigenvalue weighted by Crippen LogP contribution is 2.26. The zero-order valence-corrected chi connectivity index (χ0v) is 11.4. The Labute approximate surface area is 109 Å². The Bertz CT molecular complexity index is 334. The Hall–Kier alpha value is -1.12. The minimum atomic E-state index is -0.828. The van der Waals surface area contributed by atoms with E-state index >= 15 is 0 Å². The molecule has 102 valence electrons. The maximum atomic E-state index is 12.0. The van der Waals surface area contributed by atoms with Crippen LogP contribution >= 0.6 is 0 Å². The molecule has 0 aromatic rings. The highest BCUT2D eigenvalue weighted by atomic mass is 16.3. The molecule has 0 radical (unpaired) electrons. The van der Waals surface area contributed by atoms with Crippen molar-refractivity contribution in [3.05, 3.63) is 0 Å². The third-order valence-electron chi connectivity index (χ3n) is 3.58. The van der Waals surface area contributed by atoms with Crippen molar-refractivity contribution >= 4 is 5.91 Å². The summed E-state index contributed by atoms with van der Waals surface area (Å²) in [6, 6.07) is 2.59. The third kappa shape index (κ3) is 3.97. The van der Waals surface area contributed by atoms with Gasteiger partial charge in [0, 0.05) is 12.6 Å². The van der Waals surface area contributed by atoms with Crippen molar-refractivity contribution in [1.29, 1.82) is 5.26 Å². The lowest BCUT2D eigenvalue weighted by atomic mass is 9.90. The van der Waals surface area contributed by atoms with Gasteiger partial charge in [-0.05, 0) is 25.7 Å². The zero-order valence-electron chi connectivity index (χ0n) is 11.4. The summed E-state index contributed by atoms with van der Waals surface area (Å²) < 4.78 is 0. The molecule has 5 nitrogen and oxygen atoms in total. The van der Waals surface area contributed by atoms with E-state index in [1.54, 1.807) is 6.92 Å². The summed E-state index contributed by atoms with van der Waals surface area (Å²) >= 11 is 0. The smallest absolute Gasteiger partial charge is 0.235 e. The number of amides is 1. The van der Waals surface area contributed by atoms with Gasteiger partial charge in [-0.1, -0.05) is 13.8 Å². The summed E-state index contributed by atoms with van der Waals surface area (Å²) in [5.41, 5.74) is -0.828. The van der Waals surface area contributed by atoms with Crippen molar-refractivity contribution in [3.63, 3.8) is 0 Å². The van der Waals surface area contributed by atoms with E-state index in [4.69, 9.17) is 10.4 Å². The van der Waals surface area contributed by atoms with Gasteiger partial charge in [0.1, 0.15) is 5.54 Å². The van der Waals surface area contributed by atoms with Gasteiger partial charge in [0.2, 0.25) is 5.91 Å². The predicted molar refractivity (Wildman–Crippen MR) is 68.7 cm³/mol. The number of hydrogen-bond donors (Lipinski definition) is 2. The minimum Gasteiger partial charge on any atom is -0.395 e. The molecule has 1 atom stereocenters. The minimum absolute atomic E-state index is 0.0543. The fourth-order valence-corrected chi connectivity index (χ4v) is 1.77. The number of aliphatic hydroxyl groups is 1. The summed E-state index contributed by atoms with van der Waals surface area (Å²) in [4.78, 5) is 13.9. The molecule has 1 saturated carbocycles. The molecule has 1 rings (SSSR count). The number of rotatable bonds is 7. The molecular weight excluding hydrogens is 230 g/mol. The summed E-state index contributed by atoms with van der Waals surface area (Å²) in [5.74, 6) is -0.0910. The Balaban J connectivity index is 2.51. The molecule has 1 aliphatic rings. The van der Waals surface area contributed by atoms with Gasteiger partial charge in [-0.15, -0.1) is 0 Å². The molecule has 1 fully saturated rings. The van der Waals surface area contributed by atoms with E-state index < -0.39 is 5.54 Å². The van der Waals surface area contributed by atoms with E-state index in [0.29, 0.717) is 12.6 Å². The van der Waals surface area contributed by atoms with E-state index in [-0.39, 0.29) is 25.0 Å². The molecule has 5 heteroatoms. The van der Waals surface area contributed by atoms with E-state index in [9.17, 15) is 4.79 Å². The number of hydrogen-bond acceptors (Lipinski definition) is 4. The van der Waals surface area contributed by atoms with E-state index in [2.05, 4.69) is 11.4 Å². The lowest BCUT2D eigenvalue weighted by Gasteiger charge is -2.29. The fourth-order valence-electron chi connectivity index (χ4n) is 1.77. The largest absolute Gasteiger partial charge is 0.395 e. The summed E-state index contributed by atoms with van der Waals surface area (Å²) in [6.45, 7) is 6.40. The third-order valence-corrected chi connectivity index (χ3v) is 3.58. The molecule has 0 heterocycles. The zero-order chi connectivity index (χ0) is 13.8. The molecule has 0 aliphatic heterocycles. The van der Waals surface area contributed by atoms with Gasteiger partial charge in [-0.25, -0.2) is 0 Å². The second kappa shape index (κ2) is 6.17. The maximum Gasteiger partial charge on any atom is 0.235 e. The van der Waals surface area contributed by atoms with Gasteiger partial charge in [-0.2, -0.15) is 5.26 Å². The first-order valence-corrected chi connectivity index (χ1v) is 6.50. The quantitative estimate of drug-likeness (QED) is 0.692. The van der Waals surface area contributed by atoms with Crippen LogP contribution in [0.25, 0.3) is 0 Å². The molecule has 1 aliphatic carbocycles. The van der Waals surface area contributed by atoms with Gasteiger partial charge in [-0.3, -0.25) is 9.69 Å². The molecule has 18 heavy (non-hydrogen) atoms. The van der Waals surface area contributed by atoms with Gasteiger partial charge in [0.15, 0.2) is 0 Å². The van der Waals surface area contributed by atoms with E-state index in [0.717, 1.165) is 12.8 Å². The van der Waals surface area contributed by atoms with Crippen molar-refractivity contribution in [1.82, 2.24) is 10.2 Å². The van der Waals surface area contributed by atoms with Crippen molar-refractivity contribution in [2.45, 2.75) is 45.2 Å². The van der Waals surface area contributed by atoms with Gasteiger partial charge in [0.25, 0.3) is 0 Å². The first-order chi connectivity index (χ1) is 8.42. The van der Waals surface area contributed by atoms with Crippen LogP contribution in [-0.2, 0) is 4.79 Å². The average molecular weight is 253 g/mol. The van der Waals surface area contributed by atoms with Crippen LogP contribution in [0.2, 0.25) is 0 Å². The Morgan fingerprint density at radius 3 is 2.61 bits per heavy atom. The Morgan fingerprint density at radius 1 is 1.61 bits per heavy atom. The monoisotopic (exact) mass is 253 g/mol. The van der Waals surface area contributed by atoms with Crippen molar-refractivity contribution in [2.75, 3.05) is 19.7 Å². The molecule has 1 amide bonds. The van der Waals surface area contributed by atoms with Crippen LogP contribution < -0.4 is 5.32 Å². The second-order valence-electron chi connectivity index (χ2n) is 5.44. The van der Waals surface area contributed by atoms with Gasteiger partial charge < -0.3 is 10.4 Å². The molecule has 2 N–H and O–H groups in total. The van der Waals surface area contributed by atoms with Crippen LogP contribution in [0.1, 0.15) is 33.6 Å². The van der Waals surface area contributed by atoms with Crippen LogP contribution in [0.5, 0.6) is 0 Å². The molecule has 1 unspecified atom stereocenters. The van der Waals surface area contributed by atoms with Gasteiger partial charge in [0.05, 0.1) is 19.2 Å². The number of nitrogens with one attached hydrogen (secondary N) is 1. The van der Waals surface area contributed by atoms with Crippen LogP contribution in [0.15, 0.2) is 0 Å². The number of carbonyl (C=O) groups is 1. The number of carbonyl (C=O) groups excluding carboxylic acids is 1. The predicted octanol–water partition coefficient (Wildman–Crippen LogP) is 0.498. The molecule has 0 aromatic carbocycles. The molecule has 0 aromatic heterocycles. The van der Waals surface area contributed by atoms with Crippen molar-refractivity contribution in [2.24, 2.45) is 5.92 Å². The Morgan fingerprint density at radius 2 is 2.22 bits per heavy atom. The SMILES string of the molecule is CC(C)C(C)(C#N)NC(=O)CN(CCO)C1CC1. The standard InChI is InChI=1S/C13H23N3O2/c1-10(2)13(3,9-14)15-12(18)8-16(6-7-17)11-4-5-11/h10-11,17H,4-8H2,1-3H3,(H,15,18). The highest BCUT2D eigenvalue weighted by Gasteiger charge is 2.33. The van der Waals surface area contributed by atoms with Gasteiger partial charge >= 0.3 is 0 Å². The fraction of sp³-hybridized carbons (Fsp3) is 0.846. The maximum absolute atomic E-state index is 12.0. The normalized spacial score (nSPS) is 18.5. The topological polar surface area (TPSA) is 76.4 Å². The van der Waals surface area contributed by atoms with Crippen LogP contribution in [0.4, 0.5) is 0 Å². The lowest BCUT2D eigenvalue weighted by molar-refractivity contribution is -0.124. The number of aliphatic hydroxyl groups excluding tert-OH is 1. The van der Waals surface area contributed by atoms with E-state index in [1.807, 2.05) is 18.7 Å². The average Bonchev–Trinajstić information content (AvgIpc) is 3.11. The first kappa shape index (κ1) is 14.9.